The lowest BCUT2D eigenvalue weighted by molar-refractivity contribution is 0.559. The van der Waals surface area contributed by atoms with E-state index in [1.807, 2.05) is 0 Å². The van der Waals surface area contributed by atoms with E-state index in [0.29, 0.717) is 5.75 Å². The van der Waals surface area contributed by atoms with Crippen LogP contribution in [0, 0.1) is 0 Å². The summed E-state index contributed by atoms with van der Waals surface area (Å²) in [6.07, 6.45) is 11.3. The van der Waals surface area contributed by atoms with E-state index in [9.17, 15) is 8.42 Å². The summed E-state index contributed by atoms with van der Waals surface area (Å²) >= 11 is 0. The first-order chi connectivity index (χ1) is 8.06. The largest absolute Gasteiger partial charge is 0.317 e. The van der Waals surface area contributed by atoms with Gasteiger partial charge in [-0.1, -0.05) is 45.4 Å². The zero-order chi connectivity index (χ0) is 13.0. The summed E-state index contributed by atoms with van der Waals surface area (Å²) in [5.41, 5.74) is 0. The van der Waals surface area contributed by atoms with E-state index in [2.05, 4.69) is 12.2 Å². The summed E-state index contributed by atoms with van der Waals surface area (Å²) in [5, 5.41) is 3.30. The quantitative estimate of drug-likeness (QED) is 0.551. The van der Waals surface area contributed by atoms with Crippen molar-refractivity contribution in [2.24, 2.45) is 0 Å². The summed E-state index contributed by atoms with van der Waals surface area (Å²) in [7, 11) is -2.77. The summed E-state index contributed by atoms with van der Waals surface area (Å²) in [6.45, 7) is 4.08. The summed E-state index contributed by atoms with van der Waals surface area (Å²) in [5.74, 6) is 0.303. The third kappa shape index (κ3) is 15.9. The number of hydrogen-bond acceptors (Lipinski definition) is 3. The van der Waals surface area contributed by atoms with Crippen molar-refractivity contribution in [3.63, 3.8) is 0 Å². The van der Waals surface area contributed by atoms with Gasteiger partial charge in [0.1, 0.15) is 9.84 Å². The van der Waals surface area contributed by atoms with Crippen LogP contribution in [0.25, 0.3) is 0 Å². The van der Waals surface area contributed by atoms with Crippen LogP contribution in [0.15, 0.2) is 0 Å². The third-order valence-electron chi connectivity index (χ3n) is 2.83. The lowest BCUT2D eigenvalue weighted by Gasteiger charge is -2.04. The Kier molecular flexibility index (Phi) is 11.0. The fourth-order valence-corrected chi connectivity index (χ4v) is 2.46. The van der Waals surface area contributed by atoms with E-state index in [-0.39, 0.29) is 0 Å². The molecule has 17 heavy (non-hydrogen) atoms. The highest BCUT2D eigenvalue weighted by Crippen LogP contribution is 2.06. The lowest BCUT2D eigenvalue weighted by Crippen LogP contribution is -2.19. The molecule has 0 spiro atoms. The average Bonchev–Trinajstić information content (AvgIpc) is 2.24. The van der Waals surface area contributed by atoms with Gasteiger partial charge >= 0.3 is 0 Å². The van der Waals surface area contributed by atoms with E-state index < -0.39 is 9.84 Å². The van der Waals surface area contributed by atoms with Gasteiger partial charge < -0.3 is 5.32 Å². The van der Waals surface area contributed by atoms with Gasteiger partial charge in [0, 0.05) is 6.26 Å². The van der Waals surface area contributed by atoms with Crippen molar-refractivity contribution in [3.8, 4) is 0 Å². The van der Waals surface area contributed by atoms with Crippen LogP contribution in [-0.2, 0) is 9.84 Å². The van der Waals surface area contributed by atoms with Crippen LogP contribution in [-0.4, -0.2) is 33.5 Å². The Balaban J connectivity index is 3.04. The molecule has 0 aromatic carbocycles. The molecule has 0 saturated carbocycles. The number of hydrogen-bond donors (Lipinski definition) is 1. The molecule has 0 radical (unpaired) electrons. The van der Waals surface area contributed by atoms with Crippen molar-refractivity contribution in [2.45, 2.75) is 58.3 Å². The standard InChI is InChI=1S/C13H29NO2S/c1-3-4-5-6-7-8-9-11-14-12-10-13-17(2,15)16/h14H,3-13H2,1-2H3. The van der Waals surface area contributed by atoms with Crippen molar-refractivity contribution in [3.05, 3.63) is 0 Å². The van der Waals surface area contributed by atoms with Gasteiger partial charge in [0.05, 0.1) is 5.75 Å². The number of rotatable bonds is 12. The van der Waals surface area contributed by atoms with Gasteiger partial charge in [0.25, 0.3) is 0 Å². The van der Waals surface area contributed by atoms with Crippen molar-refractivity contribution < 1.29 is 8.42 Å². The molecule has 0 aliphatic rings. The molecule has 0 unspecified atom stereocenters. The molecule has 4 heteroatoms. The third-order valence-corrected chi connectivity index (χ3v) is 3.86. The second-order valence-corrected chi connectivity index (χ2v) is 7.11. The molecule has 0 heterocycles. The summed E-state index contributed by atoms with van der Waals surface area (Å²) < 4.78 is 21.7. The Morgan fingerprint density at radius 2 is 1.35 bits per heavy atom. The van der Waals surface area contributed by atoms with E-state index in [4.69, 9.17) is 0 Å². The normalized spacial score (nSPS) is 11.9. The minimum absolute atomic E-state index is 0.303. The van der Waals surface area contributed by atoms with Gasteiger partial charge in [-0.15, -0.1) is 0 Å². The zero-order valence-electron chi connectivity index (χ0n) is 11.5. The van der Waals surface area contributed by atoms with Crippen LogP contribution in [0.2, 0.25) is 0 Å². The maximum absolute atomic E-state index is 10.9. The number of sulfone groups is 1. The first-order valence-electron chi connectivity index (χ1n) is 6.94. The first kappa shape index (κ1) is 16.9. The van der Waals surface area contributed by atoms with Crippen molar-refractivity contribution >= 4 is 9.84 Å². The highest BCUT2D eigenvalue weighted by molar-refractivity contribution is 7.90. The van der Waals surface area contributed by atoms with Crippen molar-refractivity contribution in [1.82, 2.24) is 5.32 Å². The summed E-state index contributed by atoms with van der Waals surface area (Å²) in [4.78, 5) is 0. The maximum Gasteiger partial charge on any atom is 0.147 e. The van der Waals surface area contributed by atoms with E-state index in [0.717, 1.165) is 19.5 Å². The number of unbranched alkanes of at least 4 members (excludes halogenated alkanes) is 6. The van der Waals surface area contributed by atoms with Crippen LogP contribution in [0.5, 0.6) is 0 Å². The van der Waals surface area contributed by atoms with Gasteiger partial charge in [-0.25, -0.2) is 8.42 Å². The Morgan fingerprint density at radius 1 is 0.824 bits per heavy atom. The molecule has 0 saturated heterocycles. The predicted octanol–water partition coefficient (Wildman–Crippen LogP) is 2.76. The van der Waals surface area contributed by atoms with Crippen LogP contribution < -0.4 is 5.32 Å². The predicted molar refractivity (Wildman–Crippen MR) is 75.2 cm³/mol. The highest BCUT2D eigenvalue weighted by Gasteiger charge is 2.00. The Labute approximate surface area is 107 Å². The molecule has 0 aromatic heterocycles. The SMILES string of the molecule is CCCCCCCCCNCCCS(C)(=O)=O. The van der Waals surface area contributed by atoms with Crippen LogP contribution in [0.1, 0.15) is 58.3 Å². The fraction of sp³-hybridized carbons (Fsp3) is 1.00. The van der Waals surface area contributed by atoms with Crippen LogP contribution in [0.4, 0.5) is 0 Å². The molecule has 0 aliphatic heterocycles. The van der Waals surface area contributed by atoms with E-state index in [1.165, 1.54) is 51.2 Å². The molecule has 1 N–H and O–H groups in total. The van der Waals surface area contributed by atoms with Gasteiger partial charge in [0.2, 0.25) is 0 Å². The Bertz CT molecular complexity index is 250. The molecule has 0 aliphatic carbocycles. The molecule has 0 aromatic rings. The molecule has 0 rings (SSSR count). The van der Waals surface area contributed by atoms with E-state index in [1.54, 1.807) is 0 Å². The van der Waals surface area contributed by atoms with E-state index >= 15 is 0 Å². The van der Waals surface area contributed by atoms with Crippen LogP contribution >= 0.6 is 0 Å². The molecular formula is C13H29NO2S. The lowest BCUT2D eigenvalue weighted by atomic mass is 10.1. The van der Waals surface area contributed by atoms with Gasteiger partial charge in [-0.3, -0.25) is 0 Å². The molecule has 0 fully saturated rings. The van der Waals surface area contributed by atoms with Crippen LogP contribution in [0.3, 0.4) is 0 Å². The second-order valence-electron chi connectivity index (χ2n) is 4.85. The smallest absolute Gasteiger partial charge is 0.147 e. The molecule has 104 valence electrons. The Hall–Kier alpha value is -0.0900. The second kappa shape index (κ2) is 11.0. The topological polar surface area (TPSA) is 46.2 Å². The van der Waals surface area contributed by atoms with Gasteiger partial charge in [-0.2, -0.15) is 0 Å². The first-order valence-corrected chi connectivity index (χ1v) is 9.00. The monoisotopic (exact) mass is 263 g/mol. The molecule has 3 nitrogen and oxygen atoms in total. The van der Waals surface area contributed by atoms with Gasteiger partial charge in [-0.05, 0) is 25.9 Å². The number of nitrogens with one attached hydrogen (secondary N) is 1. The highest BCUT2D eigenvalue weighted by atomic mass is 32.2. The molecule has 0 bridgehead atoms. The maximum atomic E-state index is 10.9. The summed E-state index contributed by atoms with van der Waals surface area (Å²) in [6, 6.07) is 0. The molecular weight excluding hydrogens is 234 g/mol. The molecule has 0 amide bonds. The van der Waals surface area contributed by atoms with Gasteiger partial charge in [0.15, 0.2) is 0 Å². The minimum Gasteiger partial charge on any atom is -0.317 e. The molecule has 0 atom stereocenters. The van der Waals surface area contributed by atoms with Crippen molar-refractivity contribution in [2.75, 3.05) is 25.1 Å². The Morgan fingerprint density at radius 3 is 1.94 bits per heavy atom. The minimum atomic E-state index is -2.77. The zero-order valence-corrected chi connectivity index (χ0v) is 12.3. The average molecular weight is 263 g/mol. The fourth-order valence-electron chi connectivity index (χ4n) is 1.79. The van der Waals surface area contributed by atoms with Crippen molar-refractivity contribution in [1.29, 1.82) is 0 Å².